The van der Waals surface area contributed by atoms with E-state index < -0.39 is 11.4 Å². The Morgan fingerprint density at radius 2 is 1.84 bits per heavy atom. The summed E-state index contributed by atoms with van der Waals surface area (Å²) in [5.74, 6) is 0.439. The topological polar surface area (TPSA) is 65.6 Å². The van der Waals surface area contributed by atoms with Crippen molar-refractivity contribution < 1.29 is 8.97 Å². The highest BCUT2D eigenvalue weighted by molar-refractivity contribution is 7.90. The van der Waals surface area contributed by atoms with Crippen molar-refractivity contribution in [3.8, 4) is 11.3 Å². The third-order valence-corrected chi connectivity index (χ3v) is 5.41. The minimum absolute atomic E-state index is 0.0658. The molecule has 0 aliphatic heterocycles. The maximum atomic E-state index is 12.9. The molecule has 2 unspecified atom stereocenters. The van der Waals surface area contributed by atoms with Crippen LogP contribution in [0.15, 0.2) is 68.2 Å². The quantitative estimate of drug-likeness (QED) is 0.506. The fourth-order valence-corrected chi connectivity index (χ4v) is 3.13. The predicted octanol–water partition coefficient (Wildman–Crippen LogP) is 4.34. The zero-order valence-electron chi connectivity index (χ0n) is 14.1. The molecule has 0 saturated heterocycles. The molecule has 128 valence electrons. The van der Waals surface area contributed by atoms with Gasteiger partial charge in [0.05, 0.1) is 28.5 Å². The van der Waals surface area contributed by atoms with Crippen LogP contribution in [-0.4, -0.2) is 16.0 Å². The third-order valence-electron chi connectivity index (χ3n) is 4.07. The number of fused-ring (bicyclic) bond motifs is 1. The Labute approximate surface area is 149 Å². The SMILES string of the molecule is CCC(C)[S+]([O-])N=Cc1c(-c2ccccc2)oc2ccccc2c1=O. The van der Waals surface area contributed by atoms with Gasteiger partial charge in [0.15, 0.2) is 0 Å². The van der Waals surface area contributed by atoms with Gasteiger partial charge >= 0.3 is 0 Å². The first-order valence-corrected chi connectivity index (χ1v) is 9.34. The van der Waals surface area contributed by atoms with Gasteiger partial charge in [0.1, 0.15) is 16.6 Å². The molecule has 0 spiro atoms. The maximum Gasteiger partial charge on any atom is 0.202 e. The molecule has 1 aromatic heterocycles. The van der Waals surface area contributed by atoms with Crippen LogP contribution in [0.25, 0.3) is 22.3 Å². The minimum atomic E-state index is -1.38. The molecule has 0 amide bonds. The fraction of sp³-hybridized carbons (Fsp3) is 0.200. The van der Waals surface area contributed by atoms with E-state index >= 15 is 0 Å². The van der Waals surface area contributed by atoms with E-state index in [4.69, 9.17) is 4.42 Å². The molecule has 0 aliphatic rings. The summed E-state index contributed by atoms with van der Waals surface area (Å²) in [6.07, 6.45) is 2.14. The van der Waals surface area contributed by atoms with E-state index in [2.05, 4.69) is 4.40 Å². The zero-order chi connectivity index (χ0) is 17.8. The van der Waals surface area contributed by atoms with Gasteiger partial charge in [-0.3, -0.25) is 4.79 Å². The number of rotatable bonds is 5. The number of para-hydroxylation sites is 1. The number of hydrogen-bond donors (Lipinski definition) is 0. The molecule has 0 aliphatic carbocycles. The molecule has 3 aromatic rings. The maximum absolute atomic E-state index is 12.9. The molecule has 0 radical (unpaired) electrons. The van der Waals surface area contributed by atoms with Gasteiger partial charge in [0.2, 0.25) is 5.43 Å². The molecule has 4 nitrogen and oxygen atoms in total. The molecule has 2 aromatic carbocycles. The number of benzene rings is 2. The molecule has 2 atom stereocenters. The minimum Gasteiger partial charge on any atom is -0.591 e. The largest absolute Gasteiger partial charge is 0.591 e. The molecular formula is C20H19NO3S. The lowest BCUT2D eigenvalue weighted by atomic mass is 10.1. The predicted molar refractivity (Wildman–Crippen MR) is 103 cm³/mol. The molecule has 5 heteroatoms. The second kappa shape index (κ2) is 7.68. The molecule has 1 heterocycles. The molecule has 0 bridgehead atoms. The molecular weight excluding hydrogens is 334 g/mol. The first-order chi connectivity index (χ1) is 12.1. The number of hydrogen-bond acceptors (Lipinski definition) is 4. The van der Waals surface area contributed by atoms with Gasteiger partial charge in [-0.25, -0.2) is 0 Å². The van der Waals surface area contributed by atoms with Gasteiger partial charge in [0, 0.05) is 5.56 Å². The summed E-state index contributed by atoms with van der Waals surface area (Å²) in [7, 11) is 0. The van der Waals surface area contributed by atoms with Crippen molar-refractivity contribution in [2.24, 2.45) is 4.40 Å². The molecule has 25 heavy (non-hydrogen) atoms. The second-order valence-corrected chi connectivity index (χ2v) is 7.33. The molecule has 0 saturated carbocycles. The standard InChI is InChI=1S/C20H19NO3S/c1-3-14(2)25(23)21-13-17-19(22)16-11-7-8-12-18(16)24-20(17)15-9-5-4-6-10-15/h4-14H,3H2,1-2H3. The van der Waals surface area contributed by atoms with Crippen molar-refractivity contribution in [1.29, 1.82) is 0 Å². The summed E-state index contributed by atoms with van der Waals surface area (Å²) in [4.78, 5) is 12.9. The molecule has 3 rings (SSSR count). The average molecular weight is 353 g/mol. The van der Waals surface area contributed by atoms with Gasteiger partial charge in [-0.2, -0.15) is 0 Å². The smallest absolute Gasteiger partial charge is 0.202 e. The highest BCUT2D eigenvalue weighted by Gasteiger charge is 2.18. The van der Waals surface area contributed by atoms with E-state index in [1.54, 1.807) is 18.2 Å². The van der Waals surface area contributed by atoms with Crippen LogP contribution in [0.5, 0.6) is 0 Å². The zero-order valence-corrected chi connectivity index (χ0v) is 15.0. The first kappa shape index (κ1) is 17.5. The Hall–Kier alpha value is -2.37. The Balaban J connectivity index is 2.19. The number of nitrogens with zero attached hydrogens (tertiary/aromatic N) is 1. The van der Waals surface area contributed by atoms with E-state index in [-0.39, 0.29) is 10.7 Å². The van der Waals surface area contributed by atoms with Crippen molar-refractivity contribution >= 4 is 28.5 Å². The van der Waals surface area contributed by atoms with E-state index in [9.17, 15) is 9.35 Å². The summed E-state index contributed by atoms with van der Waals surface area (Å²) in [5, 5.41) is 0.418. The highest BCUT2D eigenvalue weighted by Crippen LogP contribution is 2.25. The van der Waals surface area contributed by atoms with E-state index in [0.29, 0.717) is 22.3 Å². The van der Waals surface area contributed by atoms with Crippen molar-refractivity contribution in [3.63, 3.8) is 0 Å². The van der Waals surface area contributed by atoms with Crippen molar-refractivity contribution in [2.75, 3.05) is 0 Å². The van der Waals surface area contributed by atoms with Crippen LogP contribution >= 0.6 is 0 Å². The van der Waals surface area contributed by atoms with Crippen LogP contribution in [0.3, 0.4) is 0 Å². The first-order valence-electron chi connectivity index (χ1n) is 8.17. The van der Waals surface area contributed by atoms with Crippen molar-refractivity contribution in [1.82, 2.24) is 0 Å². The fourth-order valence-electron chi connectivity index (χ4n) is 2.43. The van der Waals surface area contributed by atoms with Gasteiger partial charge in [-0.15, -0.1) is 0 Å². The van der Waals surface area contributed by atoms with E-state index in [1.807, 2.05) is 50.2 Å². The van der Waals surface area contributed by atoms with Gasteiger partial charge < -0.3 is 8.97 Å². The van der Waals surface area contributed by atoms with Crippen LogP contribution in [0.4, 0.5) is 0 Å². The van der Waals surface area contributed by atoms with Gasteiger partial charge in [0.25, 0.3) is 0 Å². The van der Waals surface area contributed by atoms with E-state index in [0.717, 1.165) is 12.0 Å². The summed E-state index contributed by atoms with van der Waals surface area (Å²) in [6.45, 7) is 3.83. The summed E-state index contributed by atoms with van der Waals surface area (Å²) < 4.78 is 22.2. The second-order valence-electron chi connectivity index (χ2n) is 5.77. The Morgan fingerprint density at radius 3 is 2.56 bits per heavy atom. The molecule has 0 fully saturated rings. The highest BCUT2D eigenvalue weighted by atomic mass is 32.2. The Bertz CT molecular complexity index is 950. The molecule has 0 N–H and O–H groups in total. The lowest BCUT2D eigenvalue weighted by Gasteiger charge is -2.10. The lowest BCUT2D eigenvalue weighted by Crippen LogP contribution is -2.16. The van der Waals surface area contributed by atoms with Crippen LogP contribution in [0.2, 0.25) is 0 Å². The lowest BCUT2D eigenvalue weighted by molar-refractivity contribution is 0.582. The van der Waals surface area contributed by atoms with Crippen LogP contribution in [0, 0.1) is 0 Å². The van der Waals surface area contributed by atoms with Gasteiger partial charge in [-0.05, 0) is 25.5 Å². The Kier molecular flexibility index (Phi) is 5.36. The normalized spacial score (nSPS) is 14.0. The van der Waals surface area contributed by atoms with Crippen LogP contribution in [-0.2, 0) is 11.4 Å². The summed E-state index contributed by atoms with van der Waals surface area (Å²) in [5.41, 5.74) is 1.44. The monoisotopic (exact) mass is 353 g/mol. The van der Waals surface area contributed by atoms with Crippen molar-refractivity contribution in [2.45, 2.75) is 25.5 Å². The van der Waals surface area contributed by atoms with Crippen LogP contribution < -0.4 is 5.43 Å². The van der Waals surface area contributed by atoms with Crippen molar-refractivity contribution in [3.05, 3.63) is 70.4 Å². The van der Waals surface area contributed by atoms with E-state index in [1.165, 1.54) is 6.21 Å². The summed E-state index contributed by atoms with van der Waals surface area (Å²) >= 11 is -1.38. The Morgan fingerprint density at radius 1 is 1.16 bits per heavy atom. The summed E-state index contributed by atoms with van der Waals surface area (Å²) in [6, 6.07) is 16.5. The van der Waals surface area contributed by atoms with Crippen LogP contribution in [0.1, 0.15) is 25.8 Å². The third kappa shape index (κ3) is 3.67. The average Bonchev–Trinajstić information content (AvgIpc) is 2.67. The van der Waals surface area contributed by atoms with Gasteiger partial charge in [-0.1, -0.05) is 53.8 Å².